The molecule has 3 N–H and O–H groups in total. The zero-order chi connectivity index (χ0) is 9.42. The highest BCUT2D eigenvalue weighted by molar-refractivity contribution is 7.12. The highest BCUT2D eigenvalue weighted by Crippen LogP contribution is 2.24. The van der Waals surface area contributed by atoms with E-state index in [1.165, 1.54) is 4.88 Å². The summed E-state index contributed by atoms with van der Waals surface area (Å²) < 4.78 is 0. The molecule has 0 saturated carbocycles. The standard InChI is InChI=1S/C8H9N3OS/c1-4-2-3-5(13-4)6-7(9)11-8(12)10-6/h2-3,6H,1H3,(H3,9,10,11,12). The topological polar surface area (TPSA) is 65.0 Å². The van der Waals surface area contributed by atoms with E-state index in [9.17, 15) is 4.79 Å². The molecule has 68 valence electrons. The molecular weight excluding hydrogens is 186 g/mol. The summed E-state index contributed by atoms with van der Waals surface area (Å²) in [5.41, 5.74) is 0. The van der Waals surface area contributed by atoms with Gasteiger partial charge < -0.3 is 5.32 Å². The van der Waals surface area contributed by atoms with E-state index in [-0.39, 0.29) is 17.9 Å². The fourth-order valence-corrected chi connectivity index (χ4v) is 2.19. The van der Waals surface area contributed by atoms with Crippen molar-refractivity contribution in [3.05, 3.63) is 21.9 Å². The molecule has 1 aromatic rings. The molecular formula is C8H9N3OS. The van der Waals surface area contributed by atoms with Crippen LogP contribution in [0.15, 0.2) is 12.1 Å². The number of amides is 2. The largest absolute Gasteiger partial charge is 0.323 e. The van der Waals surface area contributed by atoms with Crippen LogP contribution in [0.3, 0.4) is 0 Å². The molecule has 0 aromatic carbocycles. The minimum atomic E-state index is -0.291. The van der Waals surface area contributed by atoms with Crippen LogP contribution in [-0.2, 0) is 0 Å². The van der Waals surface area contributed by atoms with E-state index in [2.05, 4.69) is 10.6 Å². The average molecular weight is 195 g/mol. The summed E-state index contributed by atoms with van der Waals surface area (Å²) in [5, 5.41) is 12.6. The molecule has 1 aliphatic heterocycles. The number of urea groups is 1. The van der Waals surface area contributed by atoms with Crippen LogP contribution in [0.4, 0.5) is 4.79 Å². The van der Waals surface area contributed by atoms with Crippen LogP contribution >= 0.6 is 11.3 Å². The summed E-state index contributed by atoms with van der Waals surface area (Å²) in [6.07, 6.45) is 0. The number of hydrogen-bond acceptors (Lipinski definition) is 3. The van der Waals surface area contributed by atoms with Gasteiger partial charge in [0.1, 0.15) is 11.9 Å². The summed E-state index contributed by atoms with van der Waals surface area (Å²) in [6, 6.07) is 3.36. The number of hydrogen-bond donors (Lipinski definition) is 3. The molecule has 2 heterocycles. The van der Waals surface area contributed by atoms with Crippen molar-refractivity contribution in [1.29, 1.82) is 5.41 Å². The van der Waals surface area contributed by atoms with Gasteiger partial charge in [0.05, 0.1) is 0 Å². The fourth-order valence-electron chi connectivity index (χ4n) is 1.26. The molecule has 1 atom stereocenters. The van der Waals surface area contributed by atoms with Gasteiger partial charge in [-0.3, -0.25) is 10.7 Å². The van der Waals surface area contributed by atoms with Crippen molar-refractivity contribution in [1.82, 2.24) is 10.6 Å². The van der Waals surface area contributed by atoms with Crippen LogP contribution in [0.2, 0.25) is 0 Å². The molecule has 2 rings (SSSR count). The maximum Gasteiger partial charge on any atom is 0.321 e. The van der Waals surface area contributed by atoms with Crippen LogP contribution in [0.1, 0.15) is 15.8 Å². The van der Waals surface area contributed by atoms with Gasteiger partial charge in [0.25, 0.3) is 0 Å². The number of nitrogens with one attached hydrogen (secondary N) is 3. The molecule has 1 fully saturated rings. The molecule has 0 aliphatic carbocycles. The molecule has 0 spiro atoms. The van der Waals surface area contributed by atoms with Crippen molar-refractivity contribution in [3.63, 3.8) is 0 Å². The van der Waals surface area contributed by atoms with E-state index in [0.29, 0.717) is 0 Å². The van der Waals surface area contributed by atoms with Gasteiger partial charge in [-0.15, -0.1) is 11.3 Å². The molecule has 1 aliphatic rings. The number of amidine groups is 1. The maximum atomic E-state index is 10.9. The second-order valence-electron chi connectivity index (χ2n) is 2.89. The Morgan fingerprint density at radius 3 is 2.77 bits per heavy atom. The Morgan fingerprint density at radius 2 is 2.31 bits per heavy atom. The number of aryl methyl sites for hydroxylation is 1. The van der Waals surface area contributed by atoms with Gasteiger partial charge in [-0.2, -0.15) is 0 Å². The second-order valence-corrected chi connectivity index (χ2v) is 4.21. The minimum absolute atomic E-state index is 0.229. The summed E-state index contributed by atoms with van der Waals surface area (Å²) in [4.78, 5) is 13.1. The monoisotopic (exact) mass is 195 g/mol. The summed E-state index contributed by atoms with van der Waals surface area (Å²) >= 11 is 1.60. The van der Waals surface area contributed by atoms with Gasteiger partial charge in [-0.05, 0) is 19.1 Å². The third-order valence-corrected chi connectivity index (χ3v) is 2.92. The van der Waals surface area contributed by atoms with Crippen molar-refractivity contribution in [2.45, 2.75) is 13.0 Å². The number of rotatable bonds is 1. The van der Waals surface area contributed by atoms with Crippen molar-refractivity contribution >= 4 is 23.2 Å². The van der Waals surface area contributed by atoms with Gasteiger partial charge in [0, 0.05) is 9.75 Å². The Labute approximate surface area is 79.5 Å². The maximum absolute atomic E-state index is 10.9. The summed E-state index contributed by atoms with van der Waals surface area (Å²) in [7, 11) is 0. The van der Waals surface area contributed by atoms with Crippen molar-refractivity contribution in [2.75, 3.05) is 0 Å². The molecule has 1 unspecified atom stereocenters. The molecule has 0 radical (unpaired) electrons. The predicted octanol–water partition coefficient (Wildman–Crippen LogP) is 1.39. The first-order valence-corrected chi connectivity index (χ1v) is 4.71. The first-order chi connectivity index (χ1) is 6.16. The van der Waals surface area contributed by atoms with E-state index < -0.39 is 0 Å². The summed E-state index contributed by atoms with van der Waals surface area (Å²) in [5.74, 6) is 0.229. The third kappa shape index (κ3) is 1.42. The highest BCUT2D eigenvalue weighted by atomic mass is 32.1. The van der Waals surface area contributed by atoms with Crippen molar-refractivity contribution in [3.8, 4) is 0 Å². The lowest BCUT2D eigenvalue weighted by Gasteiger charge is -2.04. The van der Waals surface area contributed by atoms with E-state index in [4.69, 9.17) is 5.41 Å². The normalized spacial score (nSPS) is 21.5. The van der Waals surface area contributed by atoms with Crippen molar-refractivity contribution < 1.29 is 4.79 Å². The molecule has 1 aromatic heterocycles. The van der Waals surface area contributed by atoms with Gasteiger partial charge >= 0.3 is 6.03 Å². The van der Waals surface area contributed by atoms with Crippen LogP contribution in [0.5, 0.6) is 0 Å². The highest BCUT2D eigenvalue weighted by Gasteiger charge is 2.28. The van der Waals surface area contributed by atoms with E-state index in [1.807, 2.05) is 19.1 Å². The number of carbonyl (C=O) groups is 1. The Hall–Kier alpha value is -1.36. The number of thiophene rings is 1. The fraction of sp³-hybridized carbons (Fsp3) is 0.250. The lowest BCUT2D eigenvalue weighted by molar-refractivity contribution is 0.248. The van der Waals surface area contributed by atoms with Crippen LogP contribution in [0.25, 0.3) is 0 Å². The van der Waals surface area contributed by atoms with Gasteiger partial charge in [-0.25, -0.2) is 4.79 Å². The van der Waals surface area contributed by atoms with Crippen LogP contribution < -0.4 is 10.6 Å². The SMILES string of the molecule is Cc1ccc(C2NC(=O)NC2=N)s1. The second kappa shape index (κ2) is 2.85. The molecule has 2 amide bonds. The Bertz CT molecular complexity index is 371. The molecule has 0 bridgehead atoms. The Balaban J connectivity index is 2.27. The smallest absolute Gasteiger partial charge is 0.321 e. The average Bonchev–Trinajstić information content (AvgIpc) is 2.58. The lowest BCUT2D eigenvalue weighted by atomic mass is 10.2. The van der Waals surface area contributed by atoms with E-state index >= 15 is 0 Å². The first kappa shape index (κ1) is 8.25. The van der Waals surface area contributed by atoms with Crippen LogP contribution in [0, 0.1) is 12.3 Å². The van der Waals surface area contributed by atoms with Crippen molar-refractivity contribution in [2.24, 2.45) is 0 Å². The van der Waals surface area contributed by atoms with Gasteiger partial charge in [0.15, 0.2) is 0 Å². The third-order valence-electron chi connectivity index (χ3n) is 1.86. The van der Waals surface area contributed by atoms with Gasteiger partial charge in [-0.1, -0.05) is 0 Å². The van der Waals surface area contributed by atoms with E-state index in [0.717, 1.165) is 4.88 Å². The zero-order valence-electron chi connectivity index (χ0n) is 7.05. The lowest BCUT2D eigenvalue weighted by Crippen LogP contribution is -2.22. The Kier molecular flexibility index (Phi) is 1.81. The first-order valence-electron chi connectivity index (χ1n) is 3.89. The van der Waals surface area contributed by atoms with Crippen LogP contribution in [-0.4, -0.2) is 11.9 Å². The zero-order valence-corrected chi connectivity index (χ0v) is 7.87. The molecule has 1 saturated heterocycles. The predicted molar refractivity (Wildman–Crippen MR) is 51.2 cm³/mol. The molecule has 13 heavy (non-hydrogen) atoms. The summed E-state index contributed by atoms with van der Waals surface area (Å²) in [6.45, 7) is 2.00. The molecule has 5 heteroatoms. The number of carbonyl (C=O) groups excluding carboxylic acids is 1. The van der Waals surface area contributed by atoms with E-state index in [1.54, 1.807) is 11.3 Å². The quantitative estimate of drug-likeness (QED) is 0.623. The minimum Gasteiger partial charge on any atom is -0.323 e. The Morgan fingerprint density at radius 1 is 1.54 bits per heavy atom. The molecule has 4 nitrogen and oxygen atoms in total. The van der Waals surface area contributed by atoms with Gasteiger partial charge in [0.2, 0.25) is 0 Å².